The third-order valence-corrected chi connectivity index (χ3v) is 4.87. The first-order chi connectivity index (χ1) is 8.84. The molecule has 3 nitrogen and oxygen atoms in total. The zero-order chi connectivity index (χ0) is 12.4. The molecule has 0 bridgehead atoms. The Morgan fingerprint density at radius 3 is 3.00 bits per heavy atom. The lowest BCUT2D eigenvalue weighted by molar-refractivity contribution is -0.129. The van der Waals surface area contributed by atoms with Gasteiger partial charge in [-0.05, 0) is 24.5 Å². The molecule has 1 aromatic rings. The number of fused-ring (bicyclic) bond motifs is 1. The van der Waals surface area contributed by atoms with Crippen molar-refractivity contribution in [3.63, 3.8) is 0 Å². The maximum atomic E-state index is 12.2. The topological polar surface area (TPSA) is 32.3 Å². The first kappa shape index (κ1) is 12.1. The molecule has 0 spiro atoms. The predicted molar refractivity (Wildman–Crippen MR) is 73.6 cm³/mol. The molecule has 1 N–H and O–H groups in total. The van der Waals surface area contributed by atoms with Gasteiger partial charge in [0.2, 0.25) is 5.91 Å². The number of amides is 1. The molecule has 1 amide bonds. The Morgan fingerprint density at radius 1 is 1.33 bits per heavy atom. The van der Waals surface area contributed by atoms with Crippen LogP contribution in [0.4, 0.5) is 0 Å². The number of hydrogen-bond donors (Lipinski definition) is 1. The highest BCUT2D eigenvalue weighted by molar-refractivity contribution is 8.00. The van der Waals surface area contributed by atoms with Crippen molar-refractivity contribution in [3.05, 3.63) is 30.3 Å². The molecule has 4 heteroatoms. The second kappa shape index (κ2) is 5.33. The highest BCUT2D eigenvalue weighted by Gasteiger charge is 2.39. The van der Waals surface area contributed by atoms with Gasteiger partial charge in [-0.25, -0.2) is 0 Å². The van der Waals surface area contributed by atoms with Crippen LogP contribution in [-0.4, -0.2) is 42.2 Å². The minimum Gasteiger partial charge on any atom is -0.337 e. The summed E-state index contributed by atoms with van der Waals surface area (Å²) in [5.74, 6) is 1.54. The van der Waals surface area contributed by atoms with Crippen LogP contribution in [0.25, 0.3) is 0 Å². The summed E-state index contributed by atoms with van der Waals surface area (Å²) >= 11 is 1.64. The van der Waals surface area contributed by atoms with Gasteiger partial charge in [-0.2, -0.15) is 0 Å². The lowest BCUT2D eigenvalue weighted by Crippen LogP contribution is -2.40. The first-order valence-corrected chi connectivity index (χ1v) is 7.51. The van der Waals surface area contributed by atoms with Gasteiger partial charge < -0.3 is 10.2 Å². The lowest BCUT2D eigenvalue weighted by Gasteiger charge is -2.23. The van der Waals surface area contributed by atoms with Gasteiger partial charge >= 0.3 is 0 Å². The van der Waals surface area contributed by atoms with Crippen molar-refractivity contribution in [1.82, 2.24) is 10.2 Å². The van der Waals surface area contributed by atoms with E-state index in [4.69, 9.17) is 0 Å². The minimum atomic E-state index is 0.292. The first-order valence-electron chi connectivity index (χ1n) is 6.52. The molecule has 18 heavy (non-hydrogen) atoms. The molecule has 0 radical (unpaired) electrons. The molecule has 0 aliphatic carbocycles. The smallest absolute Gasteiger partial charge is 0.233 e. The molecular formula is C14H18N2OS. The van der Waals surface area contributed by atoms with Crippen LogP contribution in [0.1, 0.15) is 6.42 Å². The molecule has 0 unspecified atom stereocenters. The zero-order valence-corrected chi connectivity index (χ0v) is 11.2. The van der Waals surface area contributed by atoms with Crippen molar-refractivity contribution in [2.45, 2.75) is 17.4 Å². The average molecular weight is 262 g/mol. The summed E-state index contributed by atoms with van der Waals surface area (Å²) in [4.78, 5) is 15.5. The summed E-state index contributed by atoms with van der Waals surface area (Å²) in [5, 5.41) is 3.38. The van der Waals surface area contributed by atoms with Crippen molar-refractivity contribution in [2.75, 3.05) is 25.4 Å². The third-order valence-electron chi connectivity index (χ3n) is 3.87. The molecule has 2 atom stereocenters. The van der Waals surface area contributed by atoms with Crippen LogP contribution in [0.15, 0.2) is 35.2 Å². The Morgan fingerprint density at radius 2 is 2.17 bits per heavy atom. The predicted octanol–water partition coefficient (Wildman–Crippen LogP) is 1.60. The van der Waals surface area contributed by atoms with Crippen LogP contribution in [0, 0.1) is 5.92 Å². The fourth-order valence-electron chi connectivity index (χ4n) is 2.90. The molecular weight excluding hydrogens is 244 g/mol. The van der Waals surface area contributed by atoms with Gasteiger partial charge in [0.1, 0.15) is 0 Å². The third kappa shape index (κ3) is 2.40. The molecule has 96 valence electrons. The van der Waals surface area contributed by atoms with Gasteiger partial charge in [0.25, 0.3) is 0 Å². The number of rotatable bonds is 3. The summed E-state index contributed by atoms with van der Waals surface area (Å²) in [7, 11) is 0. The largest absolute Gasteiger partial charge is 0.337 e. The standard InChI is InChI=1S/C14H18N2OS/c17-14(10-18-12-4-2-1-3-5-12)16-7-6-11-8-15-9-13(11)16/h1-5,11,13,15H,6-10H2/t11-,13+/m1/s1. The van der Waals surface area contributed by atoms with E-state index in [0.717, 1.165) is 19.6 Å². The lowest BCUT2D eigenvalue weighted by atomic mass is 10.1. The van der Waals surface area contributed by atoms with E-state index in [1.165, 1.54) is 11.3 Å². The summed E-state index contributed by atoms with van der Waals surface area (Å²) in [6, 6.07) is 10.6. The Kier molecular flexibility index (Phi) is 3.57. The number of carbonyl (C=O) groups excluding carboxylic acids is 1. The molecule has 2 fully saturated rings. The Balaban J connectivity index is 1.56. The van der Waals surface area contributed by atoms with Crippen molar-refractivity contribution in [3.8, 4) is 0 Å². The summed E-state index contributed by atoms with van der Waals surface area (Å²) in [6.45, 7) is 3.01. The SMILES string of the molecule is O=C(CSc1ccccc1)N1CC[C@@H]2CNC[C@@H]21. The number of thioether (sulfide) groups is 1. The van der Waals surface area contributed by atoms with E-state index >= 15 is 0 Å². The Bertz CT molecular complexity index is 423. The van der Waals surface area contributed by atoms with Crippen LogP contribution in [0.3, 0.4) is 0 Å². The monoisotopic (exact) mass is 262 g/mol. The van der Waals surface area contributed by atoms with Gasteiger partial charge in [0, 0.05) is 30.6 Å². The Hall–Kier alpha value is -1.00. The van der Waals surface area contributed by atoms with Crippen molar-refractivity contribution in [2.24, 2.45) is 5.92 Å². The number of hydrogen-bond acceptors (Lipinski definition) is 3. The van der Waals surface area contributed by atoms with Crippen LogP contribution in [0.2, 0.25) is 0 Å². The average Bonchev–Trinajstić information content (AvgIpc) is 2.99. The van der Waals surface area contributed by atoms with Crippen LogP contribution in [0.5, 0.6) is 0 Å². The van der Waals surface area contributed by atoms with E-state index in [1.807, 2.05) is 18.2 Å². The molecule has 2 aliphatic heterocycles. The van der Waals surface area contributed by atoms with Crippen molar-refractivity contribution < 1.29 is 4.79 Å². The molecule has 2 aliphatic rings. The Labute approximate surface area is 112 Å². The highest BCUT2D eigenvalue weighted by Crippen LogP contribution is 2.28. The minimum absolute atomic E-state index is 0.292. The van der Waals surface area contributed by atoms with E-state index in [9.17, 15) is 4.79 Å². The molecule has 0 saturated carbocycles. The van der Waals surface area contributed by atoms with Crippen molar-refractivity contribution in [1.29, 1.82) is 0 Å². The van der Waals surface area contributed by atoms with E-state index < -0.39 is 0 Å². The molecule has 3 rings (SSSR count). The van der Waals surface area contributed by atoms with Crippen LogP contribution >= 0.6 is 11.8 Å². The van der Waals surface area contributed by atoms with E-state index in [0.29, 0.717) is 23.6 Å². The molecule has 2 saturated heterocycles. The zero-order valence-electron chi connectivity index (χ0n) is 10.3. The second-order valence-electron chi connectivity index (χ2n) is 4.96. The number of nitrogens with one attached hydrogen (secondary N) is 1. The van der Waals surface area contributed by atoms with E-state index in [-0.39, 0.29) is 0 Å². The quantitative estimate of drug-likeness (QED) is 0.840. The molecule has 0 aromatic heterocycles. The summed E-state index contributed by atoms with van der Waals surface area (Å²) in [5.41, 5.74) is 0. The fraction of sp³-hybridized carbons (Fsp3) is 0.500. The van der Waals surface area contributed by atoms with Gasteiger partial charge in [0.15, 0.2) is 0 Å². The number of likely N-dealkylation sites (tertiary alicyclic amines) is 1. The van der Waals surface area contributed by atoms with Gasteiger partial charge in [-0.3, -0.25) is 4.79 Å². The summed E-state index contributed by atoms with van der Waals surface area (Å²) < 4.78 is 0. The number of nitrogens with zero attached hydrogens (tertiary/aromatic N) is 1. The van der Waals surface area contributed by atoms with Crippen LogP contribution < -0.4 is 5.32 Å². The van der Waals surface area contributed by atoms with Gasteiger partial charge in [-0.15, -0.1) is 11.8 Å². The number of carbonyl (C=O) groups is 1. The van der Waals surface area contributed by atoms with Gasteiger partial charge in [0.05, 0.1) is 5.75 Å². The second-order valence-corrected chi connectivity index (χ2v) is 6.01. The van der Waals surface area contributed by atoms with Crippen molar-refractivity contribution >= 4 is 17.7 Å². The maximum absolute atomic E-state index is 12.2. The molecule has 2 heterocycles. The maximum Gasteiger partial charge on any atom is 0.233 e. The number of benzene rings is 1. The highest BCUT2D eigenvalue weighted by atomic mass is 32.2. The van der Waals surface area contributed by atoms with Gasteiger partial charge in [-0.1, -0.05) is 18.2 Å². The fourth-order valence-corrected chi connectivity index (χ4v) is 3.71. The van der Waals surface area contributed by atoms with E-state index in [2.05, 4.69) is 22.3 Å². The summed E-state index contributed by atoms with van der Waals surface area (Å²) in [6.07, 6.45) is 1.17. The van der Waals surface area contributed by atoms with Crippen LogP contribution in [-0.2, 0) is 4.79 Å². The molecule has 1 aromatic carbocycles. The normalized spacial score (nSPS) is 26.3. The van der Waals surface area contributed by atoms with E-state index in [1.54, 1.807) is 11.8 Å².